The third-order valence-corrected chi connectivity index (χ3v) is 3.99. The van der Waals surface area contributed by atoms with Gasteiger partial charge in [-0.1, -0.05) is 24.8 Å². The van der Waals surface area contributed by atoms with E-state index in [-0.39, 0.29) is 18.1 Å². The van der Waals surface area contributed by atoms with Gasteiger partial charge in [0, 0.05) is 6.54 Å². The predicted molar refractivity (Wildman–Crippen MR) is 109 cm³/mol. The van der Waals surface area contributed by atoms with Crippen molar-refractivity contribution in [2.75, 3.05) is 34.0 Å². The summed E-state index contributed by atoms with van der Waals surface area (Å²) in [6.45, 7) is 3.97. The Labute approximate surface area is 170 Å². The molecule has 0 bridgehead atoms. The molecular formula is C22H25NO6. The second kappa shape index (κ2) is 11.4. The second-order valence-corrected chi connectivity index (χ2v) is 5.99. The third-order valence-electron chi connectivity index (χ3n) is 3.99. The Balaban J connectivity index is 1.78. The number of amides is 1. The van der Waals surface area contributed by atoms with Crippen LogP contribution in [0.2, 0.25) is 0 Å². The summed E-state index contributed by atoms with van der Waals surface area (Å²) in [6, 6.07) is 12.2. The van der Waals surface area contributed by atoms with Crippen LogP contribution < -0.4 is 19.5 Å². The average Bonchev–Trinajstić information content (AvgIpc) is 2.76. The fourth-order valence-corrected chi connectivity index (χ4v) is 2.47. The largest absolute Gasteiger partial charge is 0.497 e. The van der Waals surface area contributed by atoms with Crippen molar-refractivity contribution in [2.24, 2.45) is 0 Å². The summed E-state index contributed by atoms with van der Waals surface area (Å²) < 4.78 is 20.8. The Morgan fingerprint density at radius 1 is 1.03 bits per heavy atom. The molecule has 0 saturated heterocycles. The SMILES string of the molecule is C=CCOc1ccc(C(=O)OCC(=O)NCCc2ccc(OC)cc2)cc1OC. The summed E-state index contributed by atoms with van der Waals surface area (Å²) in [5.74, 6) is 0.667. The Morgan fingerprint density at radius 3 is 2.45 bits per heavy atom. The molecule has 0 aliphatic carbocycles. The number of carbonyl (C=O) groups excluding carboxylic acids is 2. The molecule has 2 aromatic rings. The molecule has 154 valence electrons. The minimum absolute atomic E-state index is 0.263. The van der Waals surface area contributed by atoms with Crippen LogP contribution >= 0.6 is 0 Å². The molecule has 2 rings (SSSR count). The zero-order chi connectivity index (χ0) is 21.1. The van der Waals surface area contributed by atoms with E-state index in [1.165, 1.54) is 13.2 Å². The third kappa shape index (κ3) is 6.88. The number of nitrogens with one attached hydrogen (secondary N) is 1. The number of benzene rings is 2. The van der Waals surface area contributed by atoms with Crippen molar-refractivity contribution in [3.8, 4) is 17.2 Å². The van der Waals surface area contributed by atoms with Crippen molar-refractivity contribution in [3.05, 3.63) is 66.2 Å². The van der Waals surface area contributed by atoms with Crippen LogP contribution in [-0.4, -0.2) is 45.9 Å². The minimum Gasteiger partial charge on any atom is -0.497 e. The van der Waals surface area contributed by atoms with Crippen LogP contribution in [0, 0.1) is 0 Å². The van der Waals surface area contributed by atoms with Crippen LogP contribution in [0.1, 0.15) is 15.9 Å². The molecule has 1 N–H and O–H groups in total. The van der Waals surface area contributed by atoms with Crippen LogP contribution in [0.15, 0.2) is 55.1 Å². The molecule has 29 heavy (non-hydrogen) atoms. The van der Waals surface area contributed by atoms with E-state index in [1.807, 2.05) is 24.3 Å². The molecule has 0 aliphatic rings. The lowest BCUT2D eigenvalue weighted by Gasteiger charge is -2.11. The molecule has 0 unspecified atom stereocenters. The van der Waals surface area contributed by atoms with Crippen LogP contribution in [0.25, 0.3) is 0 Å². The topological polar surface area (TPSA) is 83.1 Å². The van der Waals surface area contributed by atoms with Crippen molar-refractivity contribution in [1.82, 2.24) is 5.32 Å². The minimum atomic E-state index is -0.621. The number of carbonyl (C=O) groups is 2. The summed E-state index contributed by atoms with van der Waals surface area (Å²) in [5, 5.41) is 2.72. The van der Waals surface area contributed by atoms with Gasteiger partial charge in [0.15, 0.2) is 18.1 Å². The first-order valence-corrected chi connectivity index (χ1v) is 9.06. The van der Waals surface area contributed by atoms with E-state index in [9.17, 15) is 9.59 Å². The normalized spacial score (nSPS) is 10.0. The number of rotatable bonds is 11. The maximum Gasteiger partial charge on any atom is 0.338 e. The van der Waals surface area contributed by atoms with Crippen LogP contribution in [0.4, 0.5) is 0 Å². The molecule has 0 spiro atoms. The molecule has 0 fully saturated rings. The van der Waals surface area contributed by atoms with Gasteiger partial charge in [-0.05, 0) is 42.3 Å². The zero-order valence-corrected chi connectivity index (χ0v) is 16.6. The first kappa shape index (κ1) is 21.8. The lowest BCUT2D eigenvalue weighted by atomic mass is 10.1. The Kier molecular flexibility index (Phi) is 8.56. The van der Waals surface area contributed by atoms with Crippen LogP contribution in [0.5, 0.6) is 17.2 Å². The molecule has 0 atom stereocenters. The molecule has 0 aromatic heterocycles. The monoisotopic (exact) mass is 399 g/mol. The van der Waals surface area contributed by atoms with Crippen molar-refractivity contribution >= 4 is 11.9 Å². The lowest BCUT2D eigenvalue weighted by molar-refractivity contribution is -0.124. The van der Waals surface area contributed by atoms with Gasteiger partial charge in [-0.25, -0.2) is 4.79 Å². The van der Waals surface area contributed by atoms with E-state index in [0.717, 1.165) is 11.3 Å². The zero-order valence-electron chi connectivity index (χ0n) is 16.6. The van der Waals surface area contributed by atoms with Gasteiger partial charge >= 0.3 is 5.97 Å². The fraction of sp³-hybridized carbons (Fsp3) is 0.273. The maximum atomic E-state index is 12.2. The standard InChI is InChI=1S/C22H25NO6/c1-4-13-28-19-10-7-17(14-20(19)27-3)22(25)29-15-21(24)23-12-11-16-5-8-18(26-2)9-6-16/h4-10,14H,1,11-13,15H2,2-3H3,(H,23,24). The Morgan fingerprint density at radius 2 is 1.79 bits per heavy atom. The highest BCUT2D eigenvalue weighted by Crippen LogP contribution is 2.28. The molecule has 0 aliphatic heterocycles. The highest BCUT2D eigenvalue weighted by molar-refractivity contribution is 5.92. The summed E-state index contributed by atoms with van der Waals surface area (Å²) in [7, 11) is 3.08. The van der Waals surface area contributed by atoms with E-state index in [4.69, 9.17) is 18.9 Å². The van der Waals surface area contributed by atoms with E-state index in [1.54, 1.807) is 25.3 Å². The van der Waals surface area contributed by atoms with Gasteiger partial charge in [-0.2, -0.15) is 0 Å². The number of ether oxygens (including phenoxy) is 4. The predicted octanol–water partition coefficient (Wildman–Crippen LogP) is 2.78. The van der Waals surface area contributed by atoms with Gasteiger partial charge in [0.25, 0.3) is 5.91 Å². The smallest absolute Gasteiger partial charge is 0.338 e. The van der Waals surface area contributed by atoms with Gasteiger partial charge in [-0.15, -0.1) is 0 Å². The summed E-state index contributed by atoms with van der Waals surface area (Å²) in [6.07, 6.45) is 2.27. The van der Waals surface area contributed by atoms with Crippen LogP contribution in [0.3, 0.4) is 0 Å². The number of methoxy groups -OCH3 is 2. The Hall–Kier alpha value is -3.48. The van der Waals surface area contributed by atoms with Gasteiger partial charge in [0.1, 0.15) is 12.4 Å². The van der Waals surface area contributed by atoms with E-state index >= 15 is 0 Å². The summed E-state index contributed by atoms with van der Waals surface area (Å²) in [4.78, 5) is 24.1. The molecule has 1 amide bonds. The highest BCUT2D eigenvalue weighted by Gasteiger charge is 2.14. The molecule has 7 nitrogen and oxygen atoms in total. The second-order valence-electron chi connectivity index (χ2n) is 5.99. The fourth-order valence-electron chi connectivity index (χ4n) is 2.47. The number of hydrogen-bond donors (Lipinski definition) is 1. The van der Waals surface area contributed by atoms with Gasteiger partial charge in [-0.3, -0.25) is 4.79 Å². The van der Waals surface area contributed by atoms with E-state index in [2.05, 4.69) is 11.9 Å². The van der Waals surface area contributed by atoms with Crippen molar-refractivity contribution in [1.29, 1.82) is 0 Å². The van der Waals surface area contributed by atoms with E-state index < -0.39 is 5.97 Å². The molecule has 0 radical (unpaired) electrons. The van der Waals surface area contributed by atoms with Crippen molar-refractivity contribution in [3.63, 3.8) is 0 Å². The first-order valence-electron chi connectivity index (χ1n) is 9.06. The van der Waals surface area contributed by atoms with Crippen molar-refractivity contribution < 1.29 is 28.5 Å². The van der Waals surface area contributed by atoms with Gasteiger partial charge in [0.2, 0.25) is 0 Å². The quantitative estimate of drug-likeness (QED) is 0.462. The number of esters is 1. The molecule has 7 heteroatoms. The Bertz CT molecular complexity index is 832. The maximum absolute atomic E-state index is 12.2. The molecule has 0 heterocycles. The highest BCUT2D eigenvalue weighted by atomic mass is 16.5. The average molecular weight is 399 g/mol. The lowest BCUT2D eigenvalue weighted by Crippen LogP contribution is -2.30. The summed E-state index contributed by atoms with van der Waals surface area (Å²) >= 11 is 0. The molecule has 0 saturated carbocycles. The molecule has 2 aromatic carbocycles. The van der Waals surface area contributed by atoms with Gasteiger partial charge < -0.3 is 24.3 Å². The van der Waals surface area contributed by atoms with Gasteiger partial charge in [0.05, 0.1) is 19.8 Å². The van der Waals surface area contributed by atoms with Crippen LogP contribution in [-0.2, 0) is 16.0 Å². The summed E-state index contributed by atoms with van der Waals surface area (Å²) in [5.41, 5.74) is 1.33. The number of hydrogen-bond acceptors (Lipinski definition) is 6. The molecular weight excluding hydrogens is 374 g/mol. The first-order chi connectivity index (χ1) is 14.1. The van der Waals surface area contributed by atoms with Crippen molar-refractivity contribution in [2.45, 2.75) is 6.42 Å². The van der Waals surface area contributed by atoms with E-state index in [0.29, 0.717) is 31.1 Å².